The summed E-state index contributed by atoms with van der Waals surface area (Å²) in [5, 5.41) is 0. The van der Waals surface area contributed by atoms with Gasteiger partial charge >= 0.3 is 0 Å². The number of likely N-dealkylation sites (tertiary alicyclic amines) is 2. The maximum Gasteiger partial charge on any atom is 0.129 e. The van der Waals surface area contributed by atoms with Crippen LogP contribution < -0.4 is 5.73 Å². The summed E-state index contributed by atoms with van der Waals surface area (Å²) in [4.78, 5) is 5.11. The van der Waals surface area contributed by atoms with Gasteiger partial charge in [-0.05, 0) is 82.8 Å². The highest BCUT2D eigenvalue weighted by Crippen LogP contribution is 2.42. The lowest BCUT2D eigenvalue weighted by Crippen LogP contribution is -2.50. The maximum absolute atomic E-state index is 14.1. The summed E-state index contributed by atoms with van der Waals surface area (Å²) in [5.74, 6) is -0.902. The number of halogens is 2. The van der Waals surface area contributed by atoms with E-state index >= 15 is 0 Å². The van der Waals surface area contributed by atoms with Crippen LogP contribution >= 0.6 is 0 Å². The van der Waals surface area contributed by atoms with Gasteiger partial charge in [-0.15, -0.1) is 0 Å². The molecule has 3 fully saturated rings. The van der Waals surface area contributed by atoms with Crippen molar-refractivity contribution in [1.29, 1.82) is 0 Å². The van der Waals surface area contributed by atoms with Crippen molar-refractivity contribution in [2.75, 3.05) is 32.8 Å². The minimum absolute atomic E-state index is 0.241. The zero-order chi connectivity index (χ0) is 19.9. The van der Waals surface area contributed by atoms with E-state index in [1.54, 1.807) is 0 Å². The zero-order valence-corrected chi connectivity index (χ0v) is 17.0. The van der Waals surface area contributed by atoms with Crippen LogP contribution in [0.4, 0.5) is 8.78 Å². The molecule has 1 aromatic rings. The van der Waals surface area contributed by atoms with Crippen LogP contribution in [0.1, 0.15) is 51.2 Å². The van der Waals surface area contributed by atoms with Crippen LogP contribution in [0.2, 0.25) is 0 Å². The molecule has 0 amide bonds. The molecule has 28 heavy (non-hydrogen) atoms. The van der Waals surface area contributed by atoms with Crippen LogP contribution in [0.5, 0.6) is 0 Å². The Morgan fingerprint density at radius 2 is 1.86 bits per heavy atom. The smallest absolute Gasteiger partial charge is 0.129 e. The Kier molecular flexibility index (Phi) is 5.76. The molecule has 3 aliphatic heterocycles. The molecule has 2 N–H and O–H groups in total. The van der Waals surface area contributed by atoms with E-state index in [9.17, 15) is 8.78 Å². The van der Waals surface area contributed by atoms with Crippen molar-refractivity contribution in [3.63, 3.8) is 0 Å². The Morgan fingerprint density at radius 3 is 2.54 bits per heavy atom. The van der Waals surface area contributed by atoms with Crippen LogP contribution in [-0.4, -0.2) is 60.7 Å². The highest BCUT2D eigenvalue weighted by atomic mass is 19.1. The third-order valence-corrected chi connectivity index (χ3v) is 7.24. The van der Waals surface area contributed by atoms with E-state index in [1.807, 2.05) is 0 Å². The Morgan fingerprint density at radius 1 is 1.14 bits per heavy atom. The number of rotatable bonds is 3. The van der Waals surface area contributed by atoms with Gasteiger partial charge in [-0.25, -0.2) is 8.78 Å². The molecule has 3 saturated heterocycles. The monoisotopic (exact) mass is 393 g/mol. The van der Waals surface area contributed by atoms with Gasteiger partial charge in [0.2, 0.25) is 0 Å². The second-order valence-corrected chi connectivity index (χ2v) is 9.32. The molecular formula is C22H33F2N3O. The largest absolute Gasteiger partial charge is 0.370 e. The molecule has 3 atom stereocenters. The number of nitrogens with two attached hydrogens (primary N) is 1. The van der Waals surface area contributed by atoms with E-state index in [1.165, 1.54) is 38.4 Å². The molecule has 1 aromatic carbocycles. The van der Waals surface area contributed by atoms with Crippen LogP contribution in [-0.2, 0) is 4.74 Å². The third kappa shape index (κ3) is 3.97. The van der Waals surface area contributed by atoms with Crippen molar-refractivity contribution in [2.24, 2.45) is 11.1 Å². The first kappa shape index (κ1) is 20.2. The summed E-state index contributed by atoms with van der Waals surface area (Å²) in [5.41, 5.74) is 7.03. The van der Waals surface area contributed by atoms with Gasteiger partial charge in [0.05, 0.1) is 6.61 Å². The van der Waals surface area contributed by atoms with Gasteiger partial charge in [0.1, 0.15) is 17.7 Å². The molecule has 0 aromatic heterocycles. The zero-order valence-electron chi connectivity index (χ0n) is 17.0. The van der Waals surface area contributed by atoms with Gasteiger partial charge in [0, 0.05) is 30.2 Å². The molecule has 1 unspecified atom stereocenters. The second-order valence-electron chi connectivity index (χ2n) is 9.32. The van der Waals surface area contributed by atoms with E-state index in [4.69, 9.17) is 10.5 Å². The summed E-state index contributed by atoms with van der Waals surface area (Å²) in [6.07, 6.45) is 3.95. The highest BCUT2D eigenvalue weighted by Gasteiger charge is 2.44. The van der Waals surface area contributed by atoms with E-state index in [-0.39, 0.29) is 17.6 Å². The first-order valence-electron chi connectivity index (χ1n) is 10.7. The van der Waals surface area contributed by atoms with Crippen LogP contribution in [0.25, 0.3) is 0 Å². The van der Waals surface area contributed by atoms with Crippen LogP contribution in [0.3, 0.4) is 0 Å². The van der Waals surface area contributed by atoms with Gasteiger partial charge < -0.3 is 15.4 Å². The molecule has 0 radical (unpaired) electrons. The quantitative estimate of drug-likeness (QED) is 0.856. The van der Waals surface area contributed by atoms with Crippen molar-refractivity contribution < 1.29 is 13.5 Å². The lowest BCUT2D eigenvalue weighted by atomic mass is 9.77. The lowest BCUT2D eigenvalue weighted by molar-refractivity contribution is -0.0503. The lowest BCUT2D eigenvalue weighted by Gasteiger charge is -2.43. The average Bonchev–Trinajstić information content (AvgIpc) is 3.08. The molecule has 4 rings (SSSR count). The topological polar surface area (TPSA) is 41.7 Å². The normalized spacial score (nSPS) is 31.7. The van der Waals surface area contributed by atoms with Gasteiger partial charge in [0.15, 0.2) is 0 Å². The van der Waals surface area contributed by atoms with Crippen molar-refractivity contribution >= 4 is 0 Å². The van der Waals surface area contributed by atoms with E-state index < -0.39 is 17.7 Å². The molecule has 156 valence electrons. The predicted molar refractivity (Wildman–Crippen MR) is 106 cm³/mol. The van der Waals surface area contributed by atoms with Crippen molar-refractivity contribution in [3.05, 3.63) is 35.4 Å². The minimum atomic E-state index is -0.571. The Labute approximate surface area is 167 Å². The molecule has 0 bridgehead atoms. The SMILES string of the molecule is CC(C)N1CCC2(CC1)CCN([C@H]1COC(c3cc(F)ccc3F)[C@@H](N)C1)C2. The molecule has 3 aliphatic rings. The van der Waals surface area contributed by atoms with Crippen LogP contribution in [0.15, 0.2) is 18.2 Å². The Bertz CT molecular complexity index is 690. The number of benzene rings is 1. The summed E-state index contributed by atoms with van der Waals surface area (Å²) in [6.45, 7) is 9.65. The van der Waals surface area contributed by atoms with Crippen molar-refractivity contribution in [2.45, 2.75) is 63.8 Å². The fraction of sp³-hybridized carbons (Fsp3) is 0.727. The maximum atomic E-state index is 14.1. The molecular weight excluding hydrogens is 360 g/mol. The Hall–Kier alpha value is -1.08. The summed E-state index contributed by atoms with van der Waals surface area (Å²) in [6, 6.07) is 4.07. The van der Waals surface area contributed by atoms with Crippen molar-refractivity contribution in [1.82, 2.24) is 9.80 Å². The van der Waals surface area contributed by atoms with Gasteiger partial charge in [-0.1, -0.05) is 0 Å². The van der Waals surface area contributed by atoms with Gasteiger partial charge in [0.25, 0.3) is 0 Å². The fourth-order valence-corrected chi connectivity index (χ4v) is 5.36. The molecule has 0 saturated carbocycles. The van der Waals surface area contributed by atoms with E-state index in [0.29, 0.717) is 18.1 Å². The summed E-state index contributed by atoms with van der Waals surface area (Å²) < 4.78 is 33.7. The molecule has 6 heteroatoms. The van der Waals surface area contributed by atoms with Gasteiger partial charge in [-0.3, -0.25) is 4.90 Å². The summed E-state index contributed by atoms with van der Waals surface area (Å²) >= 11 is 0. The minimum Gasteiger partial charge on any atom is -0.370 e. The van der Waals surface area contributed by atoms with E-state index in [0.717, 1.165) is 31.6 Å². The van der Waals surface area contributed by atoms with Crippen molar-refractivity contribution in [3.8, 4) is 0 Å². The summed E-state index contributed by atoms with van der Waals surface area (Å²) in [7, 11) is 0. The number of nitrogens with zero attached hydrogens (tertiary/aromatic N) is 2. The number of ether oxygens (including phenoxy) is 1. The third-order valence-electron chi connectivity index (χ3n) is 7.24. The molecule has 0 aliphatic carbocycles. The highest BCUT2D eigenvalue weighted by molar-refractivity contribution is 5.23. The van der Waals surface area contributed by atoms with Gasteiger partial charge in [-0.2, -0.15) is 0 Å². The fourth-order valence-electron chi connectivity index (χ4n) is 5.36. The Balaban J connectivity index is 1.36. The standard InChI is InChI=1S/C22H33F2N3O/c1-15(2)26-8-5-22(6-9-26)7-10-27(14-22)17-12-20(25)21(28-13-17)18-11-16(23)3-4-19(18)24/h3-4,11,15,17,20-21H,5-10,12-14,25H2,1-2H3/t17-,20+,21?/m1/s1. The first-order chi connectivity index (χ1) is 13.4. The molecule has 4 nitrogen and oxygen atoms in total. The number of hydrogen-bond donors (Lipinski definition) is 1. The second kappa shape index (κ2) is 7.98. The average molecular weight is 394 g/mol. The van der Waals surface area contributed by atoms with Crippen LogP contribution in [0, 0.1) is 17.0 Å². The molecule has 1 spiro atoms. The number of piperidine rings is 1. The number of hydrogen-bond acceptors (Lipinski definition) is 4. The first-order valence-corrected chi connectivity index (χ1v) is 10.7. The predicted octanol–water partition coefficient (Wildman–Crippen LogP) is 3.32. The van der Waals surface area contributed by atoms with E-state index in [2.05, 4.69) is 23.6 Å². The molecule has 3 heterocycles.